The second-order valence-corrected chi connectivity index (χ2v) is 7.10. The van der Waals surface area contributed by atoms with Crippen LogP contribution in [0.25, 0.3) is 0 Å². The molecule has 1 aromatic rings. The fourth-order valence-electron chi connectivity index (χ4n) is 3.57. The van der Waals surface area contributed by atoms with E-state index in [1.165, 1.54) is 32.1 Å². The van der Waals surface area contributed by atoms with Gasteiger partial charge in [0, 0.05) is 30.4 Å². The molecule has 0 aromatic carbocycles. The molecule has 1 fully saturated rings. The summed E-state index contributed by atoms with van der Waals surface area (Å²) in [5.74, 6) is 0.284. The maximum absolute atomic E-state index is 12.7. The molecule has 128 valence electrons. The number of aromatic nitrogens is 2. The van der Waals surface area contributed by atoms with Crippen LogP contribution in [0.1, 0.15) is 62.4 Å². The highest BCUT2D eigenvalue weighted by Crippen LogP contribution is 2.24. The zero-order chi connectivity index (χ0) is 16.8. The molecule has 0 bridgehead atoms. The third-order valence-corrected chi connectivity index (χ3v) is 5.40. The van der Waals surface area contributed by atoms with E-state index in [1.54, 1.807) is 11.8 Å². The molecular formula is C18H29N3OS. The van der Waals surface area contributed by atoms with Crippen molar-refractivity contribution in [1.82, 2.24) is 14.9 Å². The monoisotopic (exact) mass is 335 g/mol. The van der Waals surface area contributed by atoms with Crippen LogP contribution in [0.5, 0.6) is 0 Å². The molecule has 5 heteroatoms. The lowest BCUT2D eigenvalue weighted by atomic mass is 9.93. The van der Waals surface area contributed by atoms with Crippen molar-refractivity contribution in [2.75, 3.05) is 12.8 Å². The van der Waals surface area contributed by atoms with Gasteiger partial charge in [0.2, 0.25) is 5.91 Å². The number of thioether (sulfide) groups is 1. The molecule has 0 atom stereocenters. The Morgan fingerprint density at radius 3 is 2.30 bits per heavy atom. The fourth-order valence-corrected chi connectivity index (χ4v) is 4.02. The van der Waals surface area contributed by atoms with Gasteiger partial charge < -0.3 is 4.90 Å². The van der Waals surface area contributed by atoms with E-state index in [-0.39, 0.29) is 5.91 Å². The van der Waals surface area contributed by atoms with Crippen LogP contribution in [-0.4, -0.2) is 39.6 Å². The second-order valence-electron chi connectivity index (χ2n) is 6.33. The van der Waals surface area contributed by atoms with Gasteiger partial charge in [-0.1, -0.05) is 31.0 Å². The third-order valence-electron chi connectivity index (χ3n) is 4.85. The Morgan fingerprint density at radius 2 is 1.78 bits per heavy atom. The first-order chi connectivity index (χ1) is 11.1. The summed E-state index contributed by atoms with van der Waals surface area (Å²) in [7, 11) is 0. The van der Waals surface area contributed by atoms with Crippen LogP contribution in [0.4, 0.5) is 0 Å². The van der Waals surface area contributed by atoms with E-state index in [0.717, 1.165) is 35.1 Å². The molecule has 1 amide bonds. The SMILES string of the molecule is CCN(C(=O)CCc1c(C)nc(SC)nc1C)C1CCCCC1. The summed E-state index contributed by atoms with van der Waals surface area (Å²) in [6, 6.07) is 0.457. The van der Waals surface area contributed by atoms with E-state index >= 15 is 0 Å². The Hall–Kier alpha value is -1.10. The number of nitrogens with zero attached hydrogens (tertiary/aromatic N) is 3. The van der Waals surface area contributed by atoms with Crippen LogP contribution in [0.15, 0.2) is 5.16 Å². The van der Waals surface area contributed by atoms with Crippen LogP contribution in [-0.2, 0) is 11.2 Å². The minimum absolute atomic E-state index is 0.284. The maximum atomic E-state index is 12.7. The van der Waals surface area contributed by atoms with Crippen molar-refractivity contribution < 1.29 is 4.79 Å². The number of hydrogen-bond donors (Lipinski definition) is 0. The summed E-state index contributed by atoms with van der Waals surface area (Å²) in [5, 5.41) is 0.812. The van der Waals surface area contributed by atoms with Gasteiger partial charge in [-0.15, -0.1) is 0 Å². The average Bonchev–Trinajstić information content (AvgIpc) is 2.55. The van der Waals surface area contributed by atoms with E-state index < -0.39 is 0 Å². The van der Waals surface area contributed by atoms with Gasteiger partial charge in [-0.25, -0.2) is 9.97 Å². The molecule has 0 spiro atoms. The minimum atomic E-state index is 0.284. The molecule has 1 aliphatic rings. The molecule has 1 heterocycles. The molecule has 0 radical (unpaired) electrons. The maximum Gasteiger partial charge on any atom is 0.223 e. The zero-order valence-electron chi connectivity index (χ0n) is 14.9. The summed E-state index contributed by atoms with van der Waals surface area (Å²) in [6.07, 6.45) is 9.47. The highest BCUT2D eigenvalue weighted by atomic mass is 32.2. The normalized spacial score (nSPS) is 15.7. The van der Waals surface area contributed by atoms with Gasteiger partial charge >= 0.3 is 0 Å². The van der Waals surface area contributed by atoms with Gasteiger partial charge in [-0.05, 0) is 51.9 Å². The van der Waals surface area contributed by atoms with Crippen molar-refractivity contribution in [3.05, 3.63) is 17.0 Å². The van der Waals surface area contributed by atoms with Crippen molar-refractivity contribution in [1.29, 1.82) is 0 Å². The number of carbonyl (C=O) groups excluding carboxylic acids is 1. The van der Waals surface area contributed by atoms with Crippen LogP contribution < -0.4 is 0 Å². The summed E-state index contributed by atoms with van der Waals surface area (Å²) in [4.78, 5) is 23.8. The van der Waals surface area contributed by atoms with Crippen molar-refractivity contribution in [3.63, 3.8) is 0 Å². The number of carbonyl (C=O) groups is 1. The van der Waals surface area contributed by atoms with E-state index in [1.807, 2.05) is 20.1 Å². The fraction of sp³-hybridized carbons (Fsp3) is 0.722. The lowest BCUT2D eigenvalue weighted by Gasteiger charge is -2.33. The Labute approximate surface area is 144 Å². The highest BCUT2D eigenvalue weighted by molar-refractivity contribution is 7.98. The zero-order valence-corrected chi connectivity index (χ0v) is 15.7. The van der Waals surface area contributed by atoms with Gasteiger partial charge in [0.1, 0.15) is 0 Å². The molecule has 0 aliphatic heterocycles. The number of amides is 1. The third kappa shape index (κ3) is 4.69. The Morgan fingerprint density at radius 1 is 1.17 bits per heavy atom. The first kappa shape index (κ1) is 18.2. The Kier molecular flexibility index (Phi) is 6.88. The molecule has 0 saturated heterocycles. The van der Waals surface area contributed by atoms with Gasteiger partial charge in [0.15, 0.2) is 5.16 Å². The molecule has 0 N–H and O–H groups in total. The van der Waals surface area contributed by atoms with Crippen LogP contribution >= 0.6 is 11.8 Å². The molecular weight excluding hydrogens is 306 g/mol. The quantitative estimate of drug-likeness (QED) is 0.584. The molecule has 4 nitrogen and oxygen atoms in total. The lowest BCUT2D eigenvalue weighted by Crippen LogP contribution is -2.41. The van der Waals surface area contributed by atoms with E-state index in [2.05, 4.69) is 21.8 Å². The lowest BCUT2D eigenvalue weighted by molar-refractivity contribution is -0.133. The molecule has 0 unspecified atom stereocenters. The van der Waals surface area contributed by atoms with Crippen LogP contribution in [0.2, 0.25) is 0 Å². The highest BCUT2D eigenvalue weighted by Gasteiger charge is 2.24. The number of aryl methyl sites for hydroxylation is 2. The average molecular weight is 336 g/mol. The van der Waals surface area contributed by atoms with E-state index in [4.69, 9.17) is 0 Å². The molecule has 1 saturated carbocycles. The molecule has 1 aromatic heterocycles. The van der Waals surface area contributed by atoms with Crippen LogP contribution in [0, 0.1) is 13.8 Å². The standard InChI is InChI=1S/C18H29N3OS/c1-5-21(15-9-7-6-8-10-15)17(22)12-11-16-13(2)19-18(23-4)20-14(16)3/h15H,5-12H2,1-4H3. The van der Waals surface area contributed by atoms with E-state index in [9.17, 15) is 4.79 Å². The van der Waals surface area contributed by atoms with Gasteiger partial charge in [0.05, 0.1) is 0 Å². The van der Waals surface area contributed by atoms with Crippen LogP contribution in [0.3, 0.4) is 0 Å². The van der Waals surface area contributed by atoms with Gasteiger partial charge in [-0.2, -0.15) is 0 Å². The summed E-state index contributed by atoms with van der Waals surface area (Å²) < 4.78 is 0. The predicted octanol–water partition coefficient (Wildman–Crippen LogP) is 3.93. The van der Waals surface area contributed by atoms with Crippen molar-refractivity contribution in [3.8, 4) is 0 Å². The second kappa shape index (κ2) is 8.67. The first-order valence-electron chi connectivity index (χ1n) is 8.74. The Bertz CT molecular complexity index is 518. The molecule has 2 rings (SSSR count). The smallest absolute Gasteiger partial charge is 0.223 e. The molecule has 1 aliphatic carbocycles. The largest absolute Gasteiger partial charge is 0.340 e. The first-order valence-corrected chi connectivity index (χ1v) is 9.96. The van der Waals surface area contributed by atoms with E-state index in [0.29, 0.717) is 12.5 Å². The van der Waals surface area contributed by atoms with Gasteiger partial charge in [-0.3, -0.25) is 4.79 Å². The summed E-state index contributed by atoms with van der Waals surface area (Å²) >= 11 is 1.56. The van der Waals surface area contributed by atoms with Crippen molar-refractivity contribution in [2.45, 2.75) is 76.9 Å². The van der Waals surface area contributed by atoms with Gasteiger partial charge in [0.25, 0.3) is 0 Å². The van der Waals surface area contributed by atoms with Crippen molar-refractivity contribution in [2.24, 2.45) is 0 Å². The summed E-state index contributed by atoms with van der Waals surface area (Å²) in [6.45, 7) is 6.96. The molecule has 23 heavy (non-hydrogen) atoms. The predicted molar refractivity (Wildman–Crippen MR) is 95.9 cm³/mol. The number of hydrogen-bond acceptors (Lipinski definition) is 4. The van der Waals surface area contributed by atoms with Crippen molar-refractivity contribution >= 4 is 17.7 Å². The Balaban J connectivity index is 2.00. The number of rotatable bonds is 6. The topological polar surface area (TPSA) is 46.1 Å². The summed E-state index contributed by atoms with van der Waals surface area (Å²) in [5.41, 5.74) is 3.15. The minimum Gasteiger partial charge on any atom is -0.340 e.